The molecule has 0 saturated carbocycles. The molecule has 1 fully saturated rings. The van der Waals surface area contributed by atoms with Gasteiger partial charge in [0, 0.05) is 39.8 Å². The number of sulfonamides is 1. The van der Waals surface area contributed by atoms with Gasteiger partial charge in [0.1, 0.15) is 0 Å². The minimum atomic E-state index is -3.58. The van der Waals surface area contributed by atoms with Crippen molar-refractivity contribution in [1.29, 1.82) is 0 Å². The van der Waals surface area contributed by atoms with Crippen molar-refractivity contribution < 1.29 is 26.7 Å². The molecule has 1 aromatic carbocycles. The van der Waals surface area contributed by atoms with Gasteiger partial charge >= 0.3 is 0 Å². The molecule has 1 aliphatic heterocycles. The molecule has 0 N–H and O–H groups in total. The van der Waals surface area contributed by atoms with Crippen LogP contribution in [0.5, 0.6) is 0 Å². The van der Waals surface area contributed by atoms with Crippen LogP contribution in [-0.4, -0.2) is 94.4 Å². The zero-order valence-corrected chi connectivity index (χ0v) is 17.0. The van der Waals surface area contributed by atoms with E-state index < -0.39 is 28.9 Å². The summed E-state index contributed by atoms with van der Waals surface area (Å²) in [7, 11) is -2.14. The highest BCUT2D eigenvalue weighted by atomic mass is 32.2. The first-order valence-electron chi connectivity index (χ1n) is 9.08. The monoisotopic (exact) mass is 419 g/mol. The molecule has 2 rings (SSSR count). The fourth-order valence-electron chi connectivity index (χ4n) is 2.96. The summed E-state index contributed by atoms with van der Waals surface area (Å²) in [6, 6.07) is 6.66. The lowest BCUT2D eigenvalue weighted by atomic mass is 10.2. The highest BCUT2D eigenvalue weighted by molar-refractivity contribution is 7.89. The first-order chi connectivity index (χ1) is 13.2. The molecule has 0 unspecified atom stereocenters. The maximum Gasteiger partial charge on any atom is 0.255 e. The molecule has 28 heavy (non-hydrogen) atoms. The van der Waals surface area contributed by atoms with E-state index in [0.29, 0.717) is 13.1 Å². The van der Waals surface area contributed by atoms with E-state index in [4.69, 9.17) is 4.74 Å². The Bertz CT molecular complexity index is 736. The normalized spacial score (nSPS) is 16.5. The molecule has 1 amide bonds. The van der Waals surface area contributed by atoms with Crippen LogP contribution in [0.25, 0.3) is 0 Å². The lowest BCUT2D eigenvalue weighted by Gasteiger charge is -2.34. The van der Waals surface area contributed by atoms with Crippen molar-refractivity contribution in [2.24, 2.45) is 0 Å². The number of rotatable bonds is 9. The van der Waals surface area contributed by atoms with Gasteiger partial charge in [0.25, 0.3) is 6.43 Å². The summed E-state index contributed by atoms with van der Waals surface area (Å²) in [6.45, 7) is 2.73. The Labute approximate surface area is 164 Å². The Morgan fingerprint density at radius 2 is 1.79 bits per heavy atom. The van der Waals surface area contributed by atoms with E-state index in [2.05, 4.69) is 0 Å². The molecule has 0 bridgehead atoms. The highest BCUT2D eigenvalue weighted by Gasteiger charge is 2.30. The summed E-state index contributed by atoms with van der Waals surface area (Å²) in [5, 5.41) is 0. The summed E-state index contributed by atoms with van der Waals surface area (Å²) in [5.41, 5.74) is 0.976. The van der Waals surface area contributed by atoms with Gasteiger partial charge in [-0.25, -0.2) is 17.2 Å². The molecular weight excluding hydrogens is 392 g/mol. The number of piperazine rings is 1. The molecule has 0 atom stereocenters. The smallest absolute Gasteiger partial charge is 0.255 e. The number of halogens is 2. The molecule has 158 valence electrons. The number of ether oxygens (including phenoxy) is 1. The van der Waals surface area contributed by atoms with Crippen LogP contribution in [0.1, 0.15) is 5.56 Å². The van der Waals surface area contributed by atoms with Crippen molar-refractivity contribution in [2.75, 3.05) is 59.5 Å². The number of hydrogen-bond donors (Lipinski definition) is 0. The van der Waals surface area contributed by atoms with Crippen molar-refractivity contribution in [1.82, 2.24) is 14.1 Å². The van der Waals surface area contributed by atoms with E-state index in [9.17, 15) is 22.0 Å². The molecule has 1 aromatic rings. The quantitative estimate of drug-likeness (QED) is 0.598. The number of aryl methyl sites for hydroxylation is 1. The number of carbonyl (C=O) groups is 1. The van der Waals surface area contributed by atoms with Gasteiger partial charge in [-0.2, -0.15) is 4.31 Å². The SMILES string of the molecule is COCCN(CC(F)F)C(=O)CN1CCN(S(=O)(=O)c2ccc(C)cc2)CC1. The number of benzene rings is 1. The molecule has 0 spiro atoms. The minimum absolute atomic E-state index is 0.0190. The van der Waals surface area contributed by atoms with Crippen molar-refractivity contribution in [3.05, 3.63) is 29.8 Å². The molecule has 0 aromatic heterocycles. The predicted octanol–water partition coefficient (Wildman–Crippen LogP) is 1.04. The van der Waals surface area contributed by atoms with Gasteiger partial charge in [-0.1, -0.05) is 17.7 Å². The van der Waals surface area contributed by atoms with E-state index in [-0.39, 0.29) is 37.7 Å². The van der Waals surface area contributed by atoms with Gasteiger partial charge in [-0.15, -0.1) is 0 Å². The van der Waals surface area contributed by atoms with Gasteiger partial charge in [-0.05, 0) is 19.1 Å². The first-order valence-corrected chi connectivity index (χ1v) is 10.5. The third-order valence-electron chi connectivity index (χ3n) is 4.63. The maximum atomic E-state index is 12.7. The van der Waals surface area contributed by atoms with Crippen LogP contribution in [0.4, 0.5) is 8.78 Å². The van der Waals surface area contributed by atoms with Crippen LogP contribution in [0.3, 0.4) is 0 Å². The molecule has 0 aliphatic carbocycles. The number of methoxy groups -OCH3 is 1. The summed E-state index contributed by atoms with van der Waals surface area (Å²) < 4.78 is 57.1. The summed E-state index contributed by atoms with van der Waals surface area (Å²) >= 11 is 0. The van der Waals surface area contributed by atoms with Gasteiger partial charge in [0.05, 0.1) is 24.6 Å². The third-order valence-corrected chi connectivity index (χ3v) is 6.54. The number of nitrogens with zero attached hydrogens (tertiary/aromatic N) is 3. The van der Waals surface area contributed by atoms with Gasteiger partial charge in [0.15, 0.2) is 0 Å². The largest absolute Gasteiger partial charge is 0.383 e. The number of hydrogen-bond acceptors (Lipinski definition) is 5. The van der Waals surface area contributed by atoms with E-state index in [0.717, 1.165) is 10.5 Å². The molecule has 1 aliphatic rings. The summed E-state index contributed by atoms with van der Waals surface area (Å²) in [5.74, 6) is -0.410. The van der Waals surface area contributed by atoms with Crippen molar-refractivity contribution in [3.63, 3.8) is 0 Å². The van der Waals surface area contributed by atoms with Crippen LogP contribution in [-0.2, 0) is 19.6 Å². The Morgan fingerprint density at radius 3 is 2.32 bits per heavy atom. The zero-order valence-electron chi connectivity index (χ0n) is 16.2. The third kappa shape index (κ3) is 6.20. The number of alkyl halides is 2. The van der Waals surface area contributed by atoms with Gasteiger partial charge < -0.3 is 9.64 Å². The highest BCUT2D eigenvalue weighted by Crippen LogP contribution is 2.18. The van der Waals surface area contributed by atoms with Gasteiger partial charge in [-0.3, -0.25) is 9.69 Å². The summed E-state index contributed by atoms with van der Waals surface area (Å²) in [4.78, 5) is 15.5. The Kier molecular flexibility index (Phi) is 8.29. The van der Waals surface area contributed by atoms with E-state index in [1.54, 1.807) is 29.2 Å². The van der Waals surface area contributed by atoms with E-state index in [1.807, 2.05) is 6.92 Å². The minimum Gasteiger partial charge on any atom is -0.383 e. The van der Waals surface area contributed by atoms with Crippen LogP contribution in [0, 0.1) is 6.92 Å². The molecule has 1 heterocycles. The Morgan fingerprint density at radius 1 is 1.18 bits per heavy atom. The fraction of sp³-hybridized carbons (Fsp3) is 0.611. The standard InChI is InChI=1S/C18H27F2N3O4S/c1-15-3-5-16(6-4-15)28(25,26)23-9-7-21(8-10-23)14-18(24)22(11-12-27-2)13-17(19)20/h3-6,17H,7-14H2,1-2H3. The fourth-order valence-corrected chi connectivity index (χ4v) is 4.39. The topological polar surface area (TPSA) is 70.2 Å². The molecule has 0 radical (unpaired) electrons. The van der Waals surface area contributed by atoms with Crippen LogP contribution >= 0.6 is 0 Å². The molecule has 7 nitrogen and oxygen atoms in total. The Balaban J connectivity index is 1.91. The molecular formula is C18H27F2N3O4S. The first kappa shape index (κ1) is 22.7. The second-order valence-electron chi connectivity index (χ2n) is 6.72. The molecule has 10 heteroatoms. The number of carbonyl (C=O) groups excluding carboxylic acids is 1. The number of amides is 1. The van der Waals surface area contributed by atoms with E-state index in [1.165, 1.54) is 11.4 Å². The maximum absolute atomic E-state index is 12.7. The van der Waals surface area contributed by atoms with E-state index >= 15 is 0 Å². The second-order valence-corrected chi connectivity index (χ2v) is 8.65. The lowest BCUT2D eigenvalue weighted by molar-refractivity contribution is -0.135. The van der Waals surface area contributed by atoms with Crippen LogP contribution < -0.4 is 0 Å². The van der Waals surface area contributed by atoms with Crippen LogP contribution in [0.2, 0.25) is 0 Å². The average Bonchev–Trinajstić information content (AvgIpc) is 2.65. The predicted molar refractivity (Wildman–Crippen MR) is 101 cm³/mol. The summed E-state index contributed by atoms with van der Waals surface area (Å²) in [6.07, 6.45) is -2.61. The van der Waals surface area contributed by atoms with Crippen molar-refractivity contribution in [2.45, 2.75) is 18.2 Å². The van der Waals surface area contributed by atoms with Crippen LogP contribution in [0.15, 0.2) is 29.2 Å². The Hall–Kier alpha value is -1.62. The van der Waals surface area contributed by atoms with Crippen molar-refractivity contribution >= 4 is 15.9 Å². The second kappa shape index (κ2) is 10.2. The average molecular weight is 419 g/mol. The van der Waals surface area contributed by atoms with Gasteiger partial charge in [0.2, 0.25) is 15.9 Å². The lowest BCUT2D eigenvalue weighted by Crippen LogP contribution is -2.52. The zero-order chi connectivity index (χ0) is 20.7. The van der Waals surface area contributed by atoms with Crippen molar-refractivity contribution in [3.8, 4) is 0 Å². The molecule has 1 saturated heterocycles.